The number of benzene rings is 2. The van der Waals surface area contributed by atoms with E-state index in [1.54, 1.807) is 0 Å². The number of halogens is 3. The lowest BCUT2D eigenvalue weighted by Gasteiger charge is -2.17. The third-order valence-corrected chi connectivity index (χ3v) is 5.16. The first-order chi connectivity index (χ1) is 15.7. The van der Waals surface area contributed by atoms with Crippen molar-refractivity contribution in [1.82, 2.24) is 10.2 Å². The molecule has 1 aliphatic heterocycles. The molecule has 1 saturated heterocycles. The van der Waals surface area contributed by atoms with Crippen molar-refractivity contribution < 1.29 is 31.9 Å². The van der Waals surface area contributed by atoms with Crippen LogP contribution in [0.2, 0.25) is 0 Å². The fraction of sp³-hybridized carbons (Fsp3) is 0.273. The van der Waals surface area contributed by atoms with Gasteiger partial charge in [0.15, 0.2) is 0 Å². The van der Waals surface area contributed by atoms with Gasteiger partial charge in [0.25, 0.3) is 0 Å². The van der Waals surface area contributed by atoms with Gasteiger partial charge in [0.1, 0.15) is 5.75 Å². The molecule has 0 unspecified atom stereocenters. The van der Waals surface area contributed by atoms with Gasteiger partial charge in [-0.25, -0.2) is 0 Å². The normalized spacial score (nSPS) is 16.2. The van der Waals surface area contributed by atoms with Gasteiger partial charge in [-0.1, -0.05) is 29.4 Å². The molecule has 8 nitrogen and oxygen atoms in total. The summed E-state index contributed by atoms with van der Waals surface area (Å²) in [5.74, 6) is -1.16. The molecular formula is C22H19F3N4O4. The van der Waals surface area contributed by atoms with Crippen LogP contribution in [0.25, 0.3) is 0 Å². The molecule has 2 amide bonds. The molecular weight excluding hydrogens is 441 g/mol. The maximum Gasteiger partial charge on any atom is 0.573 e. The Morgan fingerprint density at radius 1 is 1.18 bits per heavy atom. The van der Waals surface area contributed by atoms with E-state index >= 15 is 0 Å². The molecule has 0 spiro atoms. The van der Waals surface area contributed by atoms with E-state index < -0.39 is 12.3 Å². The highest BCUT2D eigenvalue weighted by Gasteiger charge is 2.35. The van der Waals surface area contributed by atoms with Crippen LogP contribution >= 0.6 is 0 Å². The molecule has 33 heavy (non-hydrogen) atoms. The molecule has 0 saturated carbocycles. The van der Waals surface area contributed by atoms with Crippen molar-refractivity contribution in [2.75, 3.05) is 16.8 Å². The van der Waals surface area contributed by atoms with Crippen molar-refractivity contribution in [3.05, 3.63) is 65.5 Å². The van der Waals surface area contributed by atoms with E-state index in [2.05, 4.69) is 20.3 Å². The van der Waals surface area contributed by atoms with Crippen LogP contribution in [0.1, 0.15) is 29.4 Å². The minimum atomic E-state index is -4.79. The molecule has 1 atom stereocenters. The van der Waals surface area contributed by atoms with Crippen molar-refractivity contribution >= 4 is 23.5 Å². The Morgan fingerprint density at radius 2 is 1.91 bits per heavy atom. The zero-order chi connectivity index (χ0) is 23.6. The molecule has 1 N–H and O–H groups in total. The van der Waals surface area contributed by atoms with Crippen LogP contribution < -0.4 is 15.0 Å². The van der Waals surface area contributed by atoms with E-state index in [-0.39, 0.29) is 48.9 Å². The van der Waals surface area contributed by atoms with E-state index in [0.29, 0.717) is 5.69 Å². The number of rotatable bonds is 6. The van der Waals surface area contributed by atoms with Crippen LogP contribution in [-0.2, 0) is 16.0 Å². The number of hydrogen-bond acceptors (Lipinski definition) is 6. The van der Waals surface area contributed by atoms with Crippen LogP contribution in [-0.4, -0.2) is 34.9 Å². The summed E-state index contributed by atoms with van der Waals surface area (Å²) in [5, 5.41) is 10.3. The van der Waals surface area contributed by atoms with Gasteiger partial charge < -0.3 is 14.1 Å². The van der Waals surface area contributed by atoms with Crippen LogP contribution in [0.5, 0.6) is 5.75 Å². The maximum atomic E-state index is 12.4. The van der Waals surface area contributed by atoms with E-state index in [0.717, 1.165) is 23.3 Å². The Bertz CT molecular complexity index is 1160. The average molecular weight is 460 g/mol. The number of ether oxygens (including phenoxy) is 1. The largest absolute Gasteiger partial charge is 0.573 e. The van der Waals surface area contributed by atoms with Crippen molar-refractivity contribution in [3.63, 3.8) is 0 Å². The lowest BCUT2D eigenvalue weighted by atomic mass is 10.1. The number of anilines is 2. The van der Waals surface area contributed by atoms with Crippen LogP contribution in [0.15, 0.2) is 52.9 Å². The molecule has 3 aromatic rings. The summed E-state index contributed by atoms with van der Waals surface area (Å²) in [6.45, 7) is 2.12. The molecule has 0 bridgehead atoms. The third kappa shape index (κ3) is 5.48. The van der Waals surface area contributed by atoms with Crippen molar-refractivity contribution in [1.29, 1.82) is 0 Å². The summed E-state index contributed by atoms with van der Waals surface area (Å²) < 4.78 is 46.3. The van der Waals surface area contributed by atoms with Crippen LogP contribution in [0, 0.1) is 6.92 Å². The molecule has 1 aromatic heterocycles. The van der Waals surface area contributed by atoms with E-state index in [9.17, 15) is 22.8 Å². The standard InChI is InChI=1S/C22H19F3N4O4/c1-13-4-2-3-5-14(13)10-18(30)26-21-28-27-20(32-21)15-11-19(31)29(12-15)16-6-8-17(9-7-16)33-22(23,24)25/h2-9,15H,10-12H2,1H3,(H,26,28,30)/t15-/m1/s1. The van der Waals surface area contributed by atoms with Gasteiger partial charge in [0.05, 0.1) is 12.3 Å². The number of aryl methyl sites for hydroxylation is 1. The number of nitrogens with one attached hydrogen (secondary N) is 1. The summed E-state index contributed by atoms with van der Waals surface area (Å²) in [4.78, 5) is 26.2. The van der Waals surface area contributed by atoms with Gasteiger partial charge in [0, 0.05) is 18.7 Å². The number of carbonyl (C=O) groups excluding carboxylic acids is 2. The topological polar surface area (TPSA) is 97.6 Å². The first kappa shape index (κ1) is 22.3. The monoisotopic (exact) mass is 460 g/mol. The van der Waals surface area contributed by atoms with E-state index in [4.69, 9.17) is 4.42 Å². The van der Waals surface area contributed by atoms with Gasteiger partial charge in [-0.3, -0.25) is 14.9 Å². The Kier molecular flexibility index (Phi) is 6.03. The van der Waals surface area contributed by atoms with Gasteiger partial charge >= 0.3 is 12.4 Å². The Hall–Kier alpha value is -3.89. The zero-order valence-corrected chi connectivity index (χ0v) is 17.4. The van der Waals surface area contributed by atoms with Gasteiger partial charge in [-0.05, 0) is 42.3 Å². The maximum absolute atomic E-state index is 12.4. The molecule has 1 fully saturated rings. The Labute approximate surface area is 186 Å². The minimum absolute atomic E-state index is 0.0665. The molecule has 0 radical (unpaired) electrons. The van der Waals surface area contributed by atoms with Gasteiger partial charge in [-0.15, -0.1) is 18.3 Å². The SMILES string of the molecule is Cc1ccccc1CC(=O)Nc1nnc([C@@H]2CC(=O)N(c3ccc(OC(F)(F)F)cc3)C2)o1. The molecule has 2 aromatic carbocycles. The summed E-state index contributed by atoms with van der Waals surface area (Å²) in [6.07, 6.45) is -4.56. The number of nitrogens with zero attached hydrogens (tertiary/aromatic N) is 3. The fourth-order valence-corrected chi connectivity index (χ4v) is 3.55. The highest BCUT2D eigenvalue weighted by molar-refractivity contribution is 5.96. The van der Waals surface area contributed by atoms with Gasteiger partial charge in [-0.2, -0.15) is 0 Å². The van der Waals surface area contributed by atoms with Gasteiger partial charge in [0.2, 0.25) is 17.7 Å². The van der Waals surface area contributed by atoms with Crippen molar-refractivity contribution in [2.24, 2.45) is 0 Å². The smallest absolute Gasteiger partial charge is 0.407 e. The summed E-state index contributed by atoms with van der Waals surface area (Å²) in [7, 11) is 0. The second-order valence-corrected chi connectivity index (χ2v) is 7.54. The number of aromatic nitrogens is 2. The van der Waals surface area contributed by atoms with Crippen LogP contribution in [0.3, 0.4) is 0 Å². The Balaban J connectivity index is 1.37. The highest BCUT2D eigenvalue weighted by atomic mass is 19.4. The molecule has 2 heterocycles. The highest BCUT2D eigenvalue weighted by Crippen LogP contribution is 2.33. The second kappa shape index (κ2) is 8.93. The number of hydrogen-bond donors (Lipinski definition) is 1. The molecule has 1 aliphatic rings. The average Bonchev–Trinajstić information content (AvgIpc) is 3.36. The zero-order valence-electron chi connectivity index (χ0n) is 17.4. The lowest BCUT2D eigenvalue weighted by molar-refractivity contribution is -0.274. The second-order valence-electron chi connectivity index (χ2n) is 7.54. The fourth-order valence-electron chi connectivity index (χ4n) is 3.55. The number of carbonyl (C=O) groups is 2. The molecule has 4 rings (SSSR count). The quantitative estimate of drug-likeness (QED) is 0.598. The van der Waals surface area contributed by atoms with E-state index in [1.165, 1.54) is 17.0 Å². The number of amides is 2. The summed E-state index contributed by atoms with van der Waals surface area (Å²) >= 11 is 0. The lowest BCUT2D eigenvalue weighted by Crippen LogP contribution is -2.24. The van der Waals surface area contributed by atoms with Crippen LogP contribution in [0.4, 0.5) is 24.9 Å². The predicted molar refractivity (Wildman–Crippen MR) is 111 cm³/mol. The molecule has 172 valence electrons. The van der Waals surface area contributed by atoms with Crippen molar-refractivity contribution in [3.8, 4) is 5.75 Å². The minimum Gasteiger partial charge on any atom is -0.407 e. The first-order valence-electron chi connectivity index (χ1n) is 10.0. The predicted octanol–water partition coefficient (Wildman–Crippen LogP) is 3.98. The molecule has 11 heteroatoms. The summed E-state index contributed by atoms with van der Waals surface area (Å²) in [5.41, 5.74) is 2.28. The summed E-state index contributed by atoms with van der Waals surface area (Å²) in [6, 6.07) is 12.4. The van der Waals surface area contributed by atoms with E-state index in [1.807, 2.05) is 31.2 Å². The van der Waals surface area contributed by atoms with Crippen molar-refractivity contribution in [2.45, 2.75) is 32.0 Å². The third-order valence-electron chi connectivity index (χ3n) is 5.16. The Morgan fingerprint density at radius 3 is 2.61 bits per heavy atom. The number of alkyl halides is 3. The molecule has 0 aliphatic carbocycles. The first-order valence-corrected chi connectivity index (χ1v) is 10.0.